The van der Waals surface area contributed by atoms with Gasteiger partial charge < -0.3 is 15.2 Å². The van der Waals surface area contributed by atoms with Crippen molar-refractivity contribution in [3.05, 3.63) is 24.0 Å². The SMILES string of the molecule is COc1cnccc1C(=O)NCCCO. The van der Waals surface area contributed by atoms with Crippen molar-refractivity contribution in [1.29, 1.82) is 0 Å². The van der Waals surface area contributed by atoms with Crippen LogP contribution in [0.5, 0.6) is 5.75 Å². The van der Waals surface area contributed by atoms with E-state index in [1.165, 1.54) is 19.5 Å². The first-order valence-corrected chi connectivity index (χ1v) is 4.66. The highest BCUT2D eigenvalue weighted by Crippen LogP contribution is 2.14. The molecule has 5 heteroatoms. The summed E-state index contributed by atoms with van der Waals surface area (Å²) < 4.78 is 5.00. The highest BCUT2D eigenvalue weighted by atomic mass is 16.5. The van der Waals surface area contributed by atoms with Crippen molar-refractivity contribution in [3.63, 3.8) is 0 Å². The first-order valence-electron chi connectivity index (χ1n) is 4.66. The molecule has 1 rings (SSSR count). The maximum atomic E-state index is 11.6. The van der Waals surface area contributed by atoms with Gasteiger partial charge in [0.2, 0.25) is 0 Å². The van der Waals surface area contributed by atoms with Gasteiger partial charge in [0.05, 0.1) is 18.9 Å². The molecule has 1 aromatic rings. The molecule has 0 aromatic carbocycles. The molecule has 0 bridgehead atoms. The summed E-state index contributed by atoms with van der Waals surface area (Å²) in [6, 6.07) is 1.59. The average molecular weight is 210 g/mol. The van der Waals surface area contributed by atoms with E-state index in [2.05, 4.69) is 10.3 Å². The van der Waals surface area contributed by atoms with Crippen LogP contribution in [-0.4, -0.2) is 36.3 Å². The molecule has 0 atom stereocenters. The normalized spacial score (nSPS) is 9.73. The van der Waals surface area contributed by atoms with Gasteiger partial charge in [0.1, 0.15) is 5.75 Å². The lowest BCUT2D eigenvalue weighted by molar-refractivity contribution is 0.0948. The number of rotatable bonds is 5. The van der Waals surface area contributed by atoms with Crippen molar-refractivity contribution >= 4 is 5.91 Å². The van der Waals surface area contributed by atoms with E-state index in [9.17, 15) is 4.79 Å². The van der Waals surface area contributed by atoms with Gasteiger partial charge >= 0.3 is 0 Å². The predicted molar refractivity (Wildman–Crippen MR) is 54.8 cm³/mol. The van der Waals surface area contributed by atoms with Crippen LogP contribution in [0.15, 0.2) is 18.5 Å². The Morgan fingerprint density at radius 2 is 2.47 bits per heavy atom. The van der Waals surface area contributed by atoms with Crippen molar-refractivity contribution in [2.45, 2.75) is 6.42 Å². The van der Waals surface area contributed by atoms with Crippen LogP contribution in [0.2, 0.25) is 0 Å². The third-order valence-electron chi connectivity index (χ3n) is 1.87. The molecule has 0 saturated heterocycles. The molecule has 0 aliphatic heterocycles. The second-order valence-corrected chi connectivity index (χ2v) is 2.91. The minimum Gasteiger partial charge on any atom is -0.494 e. The lowest BCUT2D eigenvalue weighted by Gasteiger charge is -2.07. The number of carbonyl (C=O) groups excluding carboxylic acids is 1. The van der Waals surface area contributed by atoms with Crippen LogP contribution in [-0.2, 0) is 0 Å². The van der Waals surface area contributed by atoms with Crippen LogP contribution < -0.4 is 10.1 Å². The van der Waals surface area contributed by atoms with Crippen molar-refractivity contribution in [2.24, 2.45) is 0 Å². The average Bonchev–Trinajstić information content (AvgIpc) is 2.29. The van der Waals surface area contributed by atoms with E-state index in [1.54, 1.807) is 6.07 Å². The molecule has 15 heavy (non-hydrogen) atoms. The van der Waals surface area contributed by atoms with Gasteiger partial charge in [0, 0.05) is 19.3 Å². The zero-order chi connectivity index (χ0) is 11.1. The van der Waals surface area contributed by atoms with E-state index in [0.717, 1.165) is 0 Å². The molecule has 0 aliphatic carbocycles. The molecule has 0 fully saturated rings. The molecule has 1 aromatic heterocycles. The van der Waals surface area contributed by atoms with Gasteiger partial charge in [-0.15, -0.1) is 0 Å². The van der Waals surface area contributed by atoms with Gasteiger partial charge in [0.25, 0.3) is 5.91 Å². The number of aliphatic hydroxyl groups excluding tert-OH is 1. The molecule has 82 valence electrons. The Kier molecular flexibility index (Phi) is 4.56. The Labute approximate surface area is 88.1 Å². The largest absolute Gasteiger partial charge is 0.494 e. The number of aromatic nitrogens is 1. The van der Waals surface area contributed by atoms with Gasteiger partial charge in [-0.05, 0) is 12.5 Å². The summed E-state index contributed by atoms with van der Waals surface area (Å²) in [4.78, 5) is 15.4. The fourth-order valence-electron chi connectivity index (χ4n) is 1.11. The summed E-state index contributed by atoms with van der Waals surface area (Å²) >= 11 is 0. The van der Waals surface area contributed by atoms with Crippen molar-refractivity contribution in [1.82, 2.24) is 10.3 Å². The second kappa shape index (κ2) is 5.98. The van der Waals surface area contributed by atoms with Crippen molar-refractivity contribution < 1.29 is 14.6 Å². The van der Waals surface area contributed by atoms with Crippen LogP contribution >= 0.6 is 0 Å². The lowest BCUT2D eigenvalue weighted by atomic mass is 10.2. The van der Waals surface area contributed by atoms with Gasteiger partial charge in [-0.3, -0.25) is 9.78 Å². The minimum atomic E-state index is -0.220. The third kappa shape index (κ3) is 3.21. The van der Waals surface area contributed by atoms with Crippen LogP contribution in [0.25, 0.3) is 0 Å². The van der Waals surface area contributed by atoms with E-state index in [0.29, 0.717) is 24.3 Å². The Bertz CT molecular complexity index is 328. The van der Waals surface area contributed by atoms with E-state index in [-0.39, 0.29) is 12.5 Å². The molecule has 1 heterocycles. The topological polar surface area (TPSA) is 71.5 Å². The van der Waals surface area contributed by atoms with Crippen molar-refractivity contribution in [2.75, 3.05) is 20.3 Å². The van der Waals surface area contributed by atoms with Crippen molar-refractivity contribution in [3.8, 4) is 5.75 Å². The summed E-state index contributed by atoms with van der Waals surface area (Å²) in [6.07, 6.45) is 3.56. The number of hydrogen-bond acceptors (Lipinski definition) is 4. The van der Waals surface area contributed by atoms with Crippen LogP contribution in [0.4, 0.5) is 0 Å². The van der Waals surface area contributed by atoms with Crippen LogP contribution in [0.3, 0.4) is 0 Å². The maximum absolute atomic E-state index is 11.6. The van der Waals surface area contributed by atoms with E-state index in [1.807, 2.05) is 0 Å². The van der Waals surface area contributed by atoms with E-state index < -0.39 is 0 Å². The Balaban J connectivity index is 2.64. The number of aliphatic hydroxyl groups is 1. The van der Waals surface area contributed by atoms with Gasteiger partial charge in [0.15, 0.2) is 0 Å². The summed E-state index contributed by atoms with van der Waals surface area (Å²) in [5.41, 5.74) is 0.449. The Hall–Kier alpha value is -1.62. The highest BCUT2D eigenvalue weighted by molar-refractivity contribution is 5.96. The molecule has 0 saturated carbocycles. The number of hydrogen-bond donors (Lipinski definition) is 2. The summed E-state index contributed by atoms with van der Waals surface area (Å²) in [7, 11) is 1.49. The van der Waals surface area contributed by atoms with Gasteiger partial charge in [-0.1, -0.05) is 0 Å². The fourth-order valence-corrected chi connectivity index (χ4v) is 1.11. The van der Waals surface area contributed by atoms with E-state index in [4.69, 9.17) is 9.84 Å². The third-order valence-corrected chi connectivity index (χ3v) is 1.87. The van der Waals surface area contributed by atoms with Gasteiger partial charge in [-0.25, -0.2) is 0 Å². The number of pyridine rings is 1. The standard InChI is InChI=1S/C10H14N2O3/c1-15-9-7-11-5-3-8(9)10(14)12-4-2-6-13/h3,5,7,13H,2,4,6H2,1H3,(H,12,14). The molecule has 1 amide bonds. The molecule has 0 aliphatic rings. The van der Waals surface area contributed by atoms with Crippen LogP contribution in [0, 0.1) is 0 Å². The number of carbonyl (C=O) groups is 1. The second-order valence-electron chi connectivity index (χ2n) is 2.91. The zero-order valence-corrected chi connectivity index (χ0v) is 8.56. The number of nitrogens with one attached hydrogen (secondary N) is 1. The first-order chi connectivity index (χ1) is 7.29. The molecule has 0 spiro atoms. The summed E-state index contributed by atoms with van der Waals surface area (Å²) in [5, 5.41) is 11.2. The fraction of sp³-hybridized carbons (Fsp3) is 0.400. The Morgan fingerprint density at radius 1 is 1.67 bits per heavy atom. The molecular weight excluding hydrogens is 196 g/mol. The molecular formula is C10H14N2O3. The zero-order valence-electron chi connectivity index (χ0n) is 8.56. The van der Waals surface area contributed by atoms with E-state index >= 15 is 0 Å². The lowest BCUT2D eigenvalue weighted by Crippen LogP contribution is -2.25. The predicted octanol–water partition coefficient (Wildman–Crippen LogP) is 0.202. The highest BCUT2D eigenvalue weighted by Gasteiger charge is 2.10. The number of ether oxygens (including phenoxy) is 1. The quantitative estimate of drug-likeness (QED) is 0.681. The molecule has 0 unspecified atom stereocenters. The monoisotopic (exact) mass is 210 g/mol. The first kappa shape index (κ1) is 11.5. The molecule has 5 nitrogen and oxygen atoms in total. The maximum Gasteiger partial charge on any atom is 0.255 e. The number of nitrogens with zero attached hydrogens (tertiary/aromatic N) is 1. The number of amides is 1. The number of methoxy groups -OCH3 is 1. The summed E-state index contributed by atoms with van der Waals surface area (Å²) in [6.45, 7) is 0.509. The molecule has 2 N–H and O–H groups in total. The smallest absolute Gasteiger partial charge is 0.255 e. The Morgan fingerprint density at radius 3 is 3.13 bits per heavy atom. The molecule has 0 radical (unpaired) electrons. The summed E-state index contributed by atoms with van der Waals surface area (Å²) in [5.74, 6) is 0.224. The minimum absolute atomic E-state index is 0.0633. The van der Waals surface area contributed by atoms with Gasteiger partial charge in [-0.2, -0.15) is 0 Å². The van der Waals surface area contributed by atoms with Crippen LogP contribution in [0.1, 0.15) is 16.8 Å².